The van der Waals surface area contributed by atoms with Gasteiger partial charge in [0.05, 0.1) is 0 Å². The van der Waals surface area contributed by atoms with Crippen molar-refractivity contribution in [3.63, 3.8) is 0 Å². The molecule has 1 aromatic heterocycles. The number of halogens is 1. The van der Waals surface area contributed by atoms with Gasteiger partial charge in [0, 0.05) is 61.9 Å². The maximum absolute atomic E-state index is 12.8. The van der Waals surface area contributed by atoms with Crippen molar-refractivity contribution in [3.8, 4) is 5.75 Å². The number of allylic oxidation sites excluding steroid dienone is 2. The quantitative estimate of drug-likeness (QED) is 0.424. The van der Waals surface area contributed by atoms with Crippen molar-refractivity contribution in [1.29, 1.82) is 0 Å². The average molecular weight is 518 g/mol. The number of nitrogens with zero attached hydrogens (tertiary/aromatic N) is 4. The van der Waals surface area contributed by atoms with Gasteiger partial charge >= 0.3 is 6.03 Å². The molecule has 8 heteroatoms. The molecule has 1 aliphatic heterocycles. The maximum atomic E-state index is 12.8. The summed E-state index contributed by atoms with van der Waals surface area (Å²) in [5, 5.41) is 13.1. The first kappa shape index (κ1) is 25.1. The molecule has 37 heavy (non-hydrogen) atoms. The van der Waals surface area contributed by atoms with E-state index in [-0.39, 0.29) is 17.8 Å². The highest BCUT2D eigenvalue weighted by molar-refractivity contribution is 6.30. The van der Waals surface area contributed by atoms with E-state index in [0.29, 0.717) is 18.8 Å². The fourth-order valence-corrected chi connectivity index (χ4v) is 5.40. The zero-order chi connectivity index (χ0) is 25.9. The third kappa shape index (κ3) is 5.58. The number of rotatable bonds is 4. The lowest BCUT2D eigenvalue weighted by molar-refractivity contribution is 0.112. The van der Waals surface area contributed by atoms with E-state index in [1.807, 2.05) is 30.3 Å². The summed E-state index contributed by atoms with van der Waals surface area (Å²) in [5.74, 6) is 1.17. The molecule has 1 aliphatic carbocycles. The van der Waals surface area contributed by atoms with E-state index in [9.17, 15) is 9.90 Å². The van der Waals surface area contributed by atoms with E-state index in [2.05, 4.69) is 51.0 Å². The standard InChI is InChI=1S/C29H32ClN5O2/c1-3-21-18-28(33-12-14-34(15-13-33)29(37)32-25-5-7-26(36)8-6-25)27-9-4-24(30)17-22(27)16-23(21)19-35-11-10-31-20(35)2/h3-11,16-17,28,36H,12-15,18-19H2,1-2H3,(H,32,37)/b21-3+. The molecule has 2 amide bonds. The van der Waals surface area contributed by atoms with Crippen LogP contribution in [0.1, 0.15) is 36.3 Å². The van der Waals surface area contributed by atoms with Crippen LogP contribution in [0, 0.1) is 6.92 Å². The Hall–Kier alpha value is -3.55. The number of aromatic nitrogens is 2. The second kappa shape index (κ2) is 10.8. The summed E-state index contributed by atoms with van der Waals surface area (Å²) in [5.41, 5.74) is 5.67. The Kier molecular flexibility index (Phi) is 7.35. The topological polar surface area (TPSA) is 73.6 Å². The van der Waals surface area contributed by atoms with Crippen molar-refractivity contribution in [2.24, 2.45) is 0 Å². The molecule has 2 aliphatic rings. The fraction of sp³-hybridized carbons (Fsp3) is 0.310. The van der Waals surface area contributed by atoms with Crippen LogP contribution in [0.5, 0.6) is 5.75 Å². The number of phenolic OH excluding ortho intramolecular Hbond substituents is 1. The van der Waals surface area contributed by atoms with Crippen LogP contribution in [0.3, 0.4) is 0 Å². The number of phenols is 1. The largest absolute Gasteiger partial charge is 0.508 e. The van der Waals surface area contributed by atoms with Crippen molar-refractivity contribution >= 4 is 29.4 Å². The minimum Gasteiger partial charge on any atom is -0.508 e. The predicted octanol–water partition coefficient (Wildman–Crippen LogP) is 5.87. The van der Waals surface area contributed by atoms with Crippen molar-refractivity contribution in [1.82, 2.24) is 19.4 Å². The minimum atomic E-state index is -0.118. The minimum absolute atomic E-state index is 0.118. The first-order valence-electron chi connectivity index (χ1n) is 12.6. The molecular weight excluding hydrogens is 486 g/mol. The van der Waals surface area contributed by atoms with Gasteiger partial charge in [-0.3, -0.25) is 4.90 Å². The van der Waals surface area contributed by atoms with Crippen molar-refractivity contribution in [2.45, 2.75) is 32.9 Å². The second-order valence-corrected chi connectivity index (χ2v) is 10.0. The van der Waals surface area contributed by atoms with E-state index < -0.39 is 0 Å². The molecule has 3 aromatic rings. The summed E-state index contributed by atoms with van der Waals surface area (Å²) < 4.78 is 2.17. The lowest BCUT2D eigenvalue weighted by atomic mass is 9.94. The SMILES string of the molecule is C/C=C1\CC(N2CCN(C(=O)Nc3ccc(O)cc3)CC2)c2ccc(Cl)cc2C=C1Cn1ccnc1C. The predicted molar refractivity (Wildman–Crippen MR) is 148 cm³/mol. The van der Waals surface area contributed by atoms with Crippen LogP contribution in [0.4, 0.5) is 10.5 Å². The number of aromatic hydroxyl groups is 1. The Morgan fingerprint density at radius 2 is 1.92 bits per heavy atom. The lowest BCUT2D eigenvalue weighted by Crippen LogP contribution is -2.51. The summed E-state index contributed by atoms with van der Waals surface area (Å²) >= 11 is 6.44. The van der Waals surface area contributed by atoms with Gasteiger partial charge in [-0.15, -0.1) is 0 Å². The van der Waals surface area contributed by atoms with Gasteiger partial charge in [0.15, 0.2) is 0 Å². The number of imidazole rings is 1. The second-order valence-electron chi connectivity index (χ2n) is 9.58. The van der Waals surface area contributed by atoms with E-state index in [4.69, 9.17) is 11.6 Å². The van der Waals surface area contributed by atoms with Crippen LogP contribution < -0.4 is 5.32 Å². The van der Waals surface area contributed by atoms with Gasteiger partial charge in [0.2, 0.25) is 0 Å². The van der Waals surface area contributed by atoms with Gasteiger partial charge in [-0.2, -0.15) is 0 Å². The molecule has 1 fully saturated rings. The summed E-state index contributed by atoms with van der Waals surface area (Å²) in [4.78, 5) is 21.6. The summed E-state index contributed by atoms with van der Waals surface area (Å²) in [7, 11) is 0. The molecule has 5 rings (SSSR count). The van der Waals surface area contributed by atoms with E-state index in [0.717, 1.165) is 42.5 Å². The molecular formula is C29H32ClN5O2. The molecule has 192 valence electrons. The Labute approximate surface area is 222 Å². The van der Waals surface area contributed by atoms with Crippen LogP contribution in [0.25, 0.3) is 6.08 Å². The first-order valence-corrected chi connectivity index (χ1v) is 13.0. The maximum Gasteiger partial charge on any atom is 0.321 e. The van der Waals surface area contributed by atoms with Crippen LogP contribution in [0.15, 0.2) is 72.1 Å². The zero-order valence-electron chi connectivity index (χ0n) is 21.2. The smallest absolute Gasteiger partial charge is 0.321 e. The fourth-order valence-electron chi connectivity index (χ4n) is 5.22. The van der Waals surface area contributed by atoms with Gasteiger partial charge in [-0.25, -0.2) is 9.78 Å². The van der Waals surface area contributed by atoms with Crippen LogP contribution >= 0.6 is 11.6 Å². The lowest BCUT2D eigenvalue weighted by Gasteiger charge is -2.40. The molecule has 1 atom stereocenters. The number of aryl methyl sites for hydroxylation is 1. The number of hydrogen-bond acceptors (Lipinski definition) is 4. The van der Waals surface area contributed by atoms with Crippen molar-refractivity contribution in [2.75, 3.05) is 31.5 Å². The first-order chi connectivity index (χ1) is 17.9. The van der Waals surface area contributed by atoms with E-state index in [1.165, 1.54) is 16.7 Å². The zero-order valence-corrected chi connectivity index (χ0v) is 21.9. The molecule has 1 unspecified atom stereocenters. The Morgan fingerprint density at radius 3 is 2.59 bits per heavy atom. The normalized spacial score (nSPS) is 19.3. The molecule has 0 spiro atoms. The molecule has 2 heterocycles. The number of carbonyl (C=O) groups excluding carboxylic acids is 1. The van der Waals surface area contributed by atoms with Gasteiger partial charge < -0.3 is 19.9 Å². The molecule has 1 saturated heterocycles. The molecule has 0 saturated carbocycles. The summed E-state index contributed by atoms with van der Waals surface area (Å²) in [6.45, 7) is 7.74. The monoisotopic (exact) mass is 517 g/mol. The van der Waals surface area contributed by atoms with Crippen molar-refractivity contribution in [3.05, 3.63) is 94.1 Å². The summed E-state index contributed by atoms with van der Waals surface area (Å²) in [6, 6.07) is 12.8. The number of anilines is 1. The number of carbonyl (C=O) groups is 1. The molecule has 7 nitrogen and oxygen atoms in total. The van der Waals surface area contributed by atoms with Gasteiger partial charge in [0.25, 0.3) is 0 Å². The number of hydrogen-bond donors (Lipinski definition) is 2. The summed E-state index contributed by atoms with van der Waals surface area (Å²) in [6.07, 6.45) is 9.25. The number of nitrogens with one attached hydrogen (secondary N) is 1. The van der Waals surface area contributed by atoms with E-state index >= 15 is 0 Å². The number of piperazine rings is 1. The van der Waals surface area contributed by atoms with Crippen LogP contribution in [-0.4, -0.2) is 56.7 Å². The highest BCUT2D eigenvalue weighted by Gasteiger charge is 2.31. The van der Waals surface area contributed by atoms with Crippen molar-refractivity contribution < 1.29 is 9.90 Å². The number of fused-ring (bicyclic) bond motifs is 1. The number of benzene rings is 2. The number of urea groups is 1. The van der Waals surface area contributed by atoms with Crippen LogP contribution in [0.2, 0.25) is 5.02 Å². The van der Waals surface area contributed by atoms with E-state index in [1.54, 1.807) is 24.3 Å². The Morgan fingerprint density at radius 1 is 1.16 bits per heavy atom. The third-order valence-electron chi connectivity index (χ3n) is 7.34. The van der Waals surface area contributed by atoms with Gasteiger partial charge in [0.1, 0.15) is 11.6 Å². The third-order valence-corrected chi connectivity index (χ3v) is 7.57. The van der Waals surface area contributed by atoms with Gasteiger partial charge in [-0.05, 0) is 85.0 Å². The molecule has 2 N–H and O–H groups in total. The Bertz CT molecular complexity index is 1340. The Balaban J connectivity index is 1.33. The highest BCUT2D eigenvalue weighted by atomic mass is 35.5. The van der Waals surface area contributed by atoms with Crippen LogP contribution in [-0.2, 0) is 6.54 Å². The molecule has 0 radical (unpaired) electrons. The highest BCUT2D eigenvalue weighted by Crippen LogP contribution is 2.39. The molecule has 0 bridgehead atoms. The number of amides is 2. The van der Waals surface area contributed by atoms with Gasteiger partial charge in [-0.1, -0.05) is 23.7 Å². The average Bonchev–Trinajstić information content (AvgIpc) is 3.23. The molecule has 2 aromatic carbocycles.